The van der Waals surface area contributed by atoms with Crippen LogP contribution in [0.15, 0.2) is 28.0 Å². The molecule has 1 aromatic heterocycles. The highest BCUT2D eigenvalue weighted by atomic mass is 32.2. The van der Waals surface area contributed by atoms with Crippen molar-refractivity contribution < 1.29 is 29.0 Å². The number of imide groups is 1. The molecule has 0 unspecified atom stereocenters. The lowest BCUT2D eigenvalue weighted by molar-refractivity contribution is -0.154. The van der Waals surface area contributed by atoms with Crippen LogP contribution in [0.25, 0.3) is 0 Å². The number of H-pyrrole nitrogens is 1. The average Bonchev–Trinajstić information content (AvgIpc) is 3.56. The molecule has 2 amide bonds. The average molecular weight is 517 g/mol. The monoisotopic (exact) mass is 516 g/mol. The largest absolute Gasteiger partial charge is 0.493 e. The van der Waals surface area contributed by atoms with Crippen molar-refractivity contribution in [1.82, 2.24) is 9.88 Å². The summed E-state index contributed by atoms with van der Waals surface area (Å²) in [6.45, 7) is 1.39. The number of ether oxygens (including phenoxy) is 2. The van der Waals surface area contributed by atoms with E-state index in [1.54, 1.807) is 26.0 Å². The van der Waals surface area contributed by atoms with Gasteiger partial charge in [0.15, 0.2) is 11.5 Å². The highest BCUT2D eigenvalue weighted by Crippen LogP contribution is 2.68. The summed E-state index contributed by atoms with van der Waals surface area (Å²) in [5.74, 6) is -2.01. The number of benzene rings is 1. The third-order valence-electron chi connectivity index (χ3n) is 8.27. The van der Waals surface area contributed by atoms with Gasteiger partial charge in [-0.2, -0.15) is 0 Å². The second-order valence-electron chi connectivity index (χ2n) is 9.64. The van der Waals surface area contributed by atoms with E-state index in [1.165, 1.54) is 18.3 Å². The van der Waals surface area contributed by atoms with Gasteiger partial charge >= 0.3 is 10.8 Å². The van der Waals surface area contributed by atoms with E-state index in [2.05, 4.69) is 4.98 Å². The first-order chi connectivity index (χ1) is 16.8. The molecule has 0 spiro atoms. The minimum Gasteiger partial charge on any atom is -0.493 e. The van der Waals surface area contributed by atoms with Gasteiger partial charge < -0.3 is 19.6 Å². The number of carbonyl (C=O) groups excluding carboxylic acids is 2. The van der Waals surface area contributed by atoms with Gasteiger partial charge in [-0.25, -0.2) is 4.79 Å². The van der Waals surface area contributed by atoms with Crippen molar-refractivity contribution in [3.05, 3.63) is 38.3 Å². The third kappa shape index (κ3) is 3.00. The van der Waals surface area contributed by atoms with Gasteiger partial charge in [0.1, 0.15) is 6.04 Å². The molecule has 11 heteroatoms. The van der Waals surface area contributed by atoms with Crippen LogP contribution < -0.4 is 14.3 Å². The SMILES string of the molecule is COc1ccc([C@@H]2c3sc(=O)[nH]c3S[C@@H]3[C@H]4C[C@@H]([C@H]5C(=O)N([C@H](C)C(=O)O)C(=O)[C@@H]45)[C@@H]23)cc1OC. The quantitative estimate of drug-likeness (QED) is 0.581. The number of amides is 2. The van der Waals surface area contributed by atoms with Gasteiger partial charge in [0.2, 0.25) is 11.8 Å². The maximum absolute atomic E-state index is 13.4. The van der Waals surface area contributed by atoms with E-state index < -0.39 is 23.8 Å². The summed E-state index contributed by atoms with van der Waals surface area (Å²) in [6, 6.07) is 4.55. The zero-order chi connectivity index (χ0) is 24.8. The molecular weight excluding hydrogens is 492 g/mol. The van der Waals surface area contributed by atoms with E-state index in [0.29, 0.717) is 11.5 Å². The number of aromatic amines is 1. The van der Waals surface area contributed by atoms with E-state index >= 15 is 0 Å². The maximum atomic E-state index is 13.4. The van der Waals surface area contributed by atoms with Crippen molar-refractivity contribution in [2.75, 3.05) is 14.2 Å². The number of hydrogen-bond acceptors (Lipinski definition) is 8. The van der Waals surface area contributed by atoms with Crippen LogP contribution in [0, 0.1) is 29.6 Å². The lowest BCUT2D eigenvalue weighted by atomic mass is 9.68. The Labute approximate surface area is 208 Å². The molecule has 3 heterocycles. The molecule has 2 saturated carbocycles. The molecule has 2 N–H and O–H groups in total. The number of likely N-dealkylation sites (tertiary alicyclic amines) is 1. The Morgan fingerprint density at radius 2 is 1.80 bits per heavy atom. The lowest BCUT2D eigenvalue weighted by Gasteiger charge is -2.43. The number of carbonyl (C=O) groups is 3. The number of thioether (sulfide) groups is 1. The fourth-order valence-corrected chi connectivity index (χ4v) is 9.84. The van der Waals surface area contributed by atoms with Crippen LogP contribution in [0.5, 0.6) is 11.5 Å². The summed E-state index contributed by atoms with van der Waals surface area (Å²) in [7, 11) is 3.15. The van der Waals surface area contributed by atoms with Crippen molar-refractivity contribution >= 4 is 40.9 Å². The minimum absolute atomic E-state index is 0.0279. The van der Waals surface area contributed by atoms with Gasteiger partial charge in [-0.15, -0.1) is 11.8 Å². The first kappa shape index (κ1) is 22.7. The predicted molar refractivity (Wildman–Crippen MR) is 127 cm³/mol. The fraction of sp³-hybridized carbons (Fsp3) is 0.500. The molecule has 2 aliphatic carbocycles. The van der Waals surface area contributed by atoms with Gasteiger partial charge in [-0.3, -0.25) is 19.3 Å². The number of aromatic nitrogens is 1. The number of carboxylic acid groups (broad SMARTS) is 1. The number of hydrogen-bond donors (Lipinski definition) is 2. The van der Waals surface area contributed by atoms with E-state index in [9.17, 15) is 24.3 Å². The minimum atomic E-state index is -1.19. The molecule has 6 rings (SSSR count). The molecular formula is C24H24N2O7S2. The Kier molecular flexibility index (Phi) is 5.09. The van der Waals surface area contributed by atoms with Gasteiger partial charge in [0.25, 0.3) is 0 Å². The van der Waals surface area contributed by atoms with Crippen LogP contribution in [-0.2, 0) is 14.4 Å². The van der Waals surface area contributed by atoms with Crippen molar-refractivity contribution in [3.8, 4) is 11.5 Å². The van der Waals surface area contributed by atoms with Crippen molar-refractivity contribution in [3.63, 3.8) is 0 Å². The second kappa shape index (κ2) is 7.86. The predicted octanol–water partition coefficient (Wildman–Crippen LogP) is 2.40. The van der Waals surface area contributed by atoms with E-state index in [1.807, 2.05) is 18.2 Å². The zero-order valence-corrected chi connectivity index (χ0v) is 20.9. The van der Waals surface area contributed by atoms with Crippen LogP contribution in [-0.4, -0.2) is 58.3 Å². The summed E-state index contributed by atoms with van der Waals surface area (Å²) in [4.78, 5) is 55.5. The number of nitrogens with zero attached hydrogens (tertiary/aromatic N) is 1. The number of fused-ring (bicyclic) bond motifs is 9. The molecule has 2 aromatic rings. The number of rotatable bonds is 5. The number of nitrogens with one attached hydrogen (secondary N) is 1. The molecule has 0 radical (unpaired) electrons. The Bertz CT molecular complexity index is 1320. The Morgan fingerprint density at radius 1 is 1.11 bits per heavy atom. The van der Waals surface area contributed by atoms with Crippen LogP contribution in [0.1, 0.15) is 29.7 Å². The first-order valence-electron chi connectivity index (χ1n) is 11.5. The smallest absolute Gasteiger partial charge is 0.326 e. The summed E-state index contributed by atoms with van der Waals surface area (Å²) >= 11 is 2.78. The number of thiazole rings is 1. The van der Waals surface area contributed by atoms with E-state index in [0.717, 1.165) is 26.8 Å². The van der Waals surface area contributed by atoms with Crippen LogP contribution >= 0.6 is 23.1 Å². The molecule has 184 valence electrons. The number of methoxy groups -OCH3 is 2. The molecule has 3 fully saturated rings. The normalized spacial score (nSPS) is 33.3. The molecule has 2 aliphatic heterocycles. The Hall–Kier alpha value is -2.79. The van der Waals surface area contributed by atoms with Crippen molar-refractivity contribution in [2.24, 2.45) is 29.6 Å². The maximum Gasteiger partial charge on any atom is 0.326 e. The summed E-state index contributed by atoms with van der Waals surface area (Å²) in [6.07, 6.45) is 0.743. The van der Waals surface area contributed by atoms with Gasteiger partial charge in [0, 0.05) is 16.0 Å². The summed E-state index contributed by atoms with van der Waals surface area (Å²) in [5, 5.41) is 10.3. The standard InChI is InChI=1S/C24H24N2O7S2/c1-8(23(29)30)26-21(27)16-10-7-11(17(16)22(26)28)18-15(10)14(19-20(34-18)25-24(31)35-19)9-4-5-12(32-2)13(6-9)33-3/h4-6,8,10-11,14-18H,7H2,1-3H3,(H,25,31)(H,29,30)/t8-,10-,11+,14+,15+,16-,17+,18-/m1/s1. The number of carboxylic acids is 1. The molecule has 2 bridgehead atoms. The molecule has 1 saturated heterocycles. The number of aliphatic carboxylic acids is 1. The van der Waals surface area contributed by atoms with Gasteiger partial charge in [0.05, 0.1) is 31.1 Å². The van der Waals surface area contributed by atoms with Crippen LogP contribution in [0.3, 0.4) is 0 Å². The molecule has 1 aromatic carbocycles. The van der Waals surface area contributed by atoms with Gasteiger partial charge in [-0.1, -0.05) is 17.4 Å². The van der Waals surface area contributed by atoms with Crippen molar-refractivity contribution in [2.45, 2.75) is 35.6 Å². The topological polar surface area (TPSA) is 126 Å². The van der Waals surface area contributed by atoms with Crippen LogP contribution in [0.4, 0.5) is 0 Å². The first-order valence-corrected chi connectivity index (χ1v) is 13.2. The zero-order valence-electron chi connectivity index (χ0n) is 19.2. The van der Waals surface area contributed by atoms with E-state index in [4.69, 9.17) is 9.47 Å². The Balaban J connectivity index is 1.46. The van der Waals surface area contributed by atoms with Crippen molar-refractivity contribution in [1.29, 1.82) is 0 Å². The highest BCUT2D eigenvalue weighted by molar-refractivity contribution is 8.00. The molecule has 8 atom stereocenters. The molecule has 35 heavy (non-hydrogen) atoms. The van der Waals surface area contributed by atoms with Crippen LogP contribution in [0.2, 0.25) is 0 Å². The van der Waals surface area contributed by atoms with E-state index in [-0.39, 0.29) is 45.6 Å². The lowest BCUT2D eigenvalue weighted by Crippen LogP contribution is -2.44. The van der Waals surface area contributed by atoms with Gasteiger partial charge in [-0.05, 0) is 48.8 Å². The molecule has 4 aliphatic rings. The highest BCUT2D eigenvalue weighted by Gasteiger charge is 2.70. The fourth-order valence-electron chi connectivity index (χ4n) is 6.95. The summed E-state index contributed by atoms with van der Waals surface area (Å²) in [5.41, 5.74) is 0.964. The second-order valence-corrected chi connectivity index (χ2v) is 11.8. The third-order valence-corrected chi connectivity index (χ3v) is 10.9. The Morgan fingerprint density at radius 3 is 2.46 bits per heavy atom. The summed E-state index contributed by atoms with van der Waals surface area (Å²) < 4.78 is 10.9. The molecule has 9 nitrogen and oxygen atoms in total.